The predicted molar refractivity (Wildman–Crippen MR) is 20.4 cm³/mol. The lowest BCUT2D eigenvalue weighted by atomic mass is 11.5. The van der Waals surface area contributed by atoms with Gasteiger partial charge in [-0.15, -0.1) is 13.2 Å². The fourth-order valence-electron chi connectivity index (χ4n) is 0.0590. The molecule has 0 saturated heterocycles. The zero-order valence-corrected chi connectivity index (χ0v) is 3.78. The lowest BCUT2D eigenvalue weighted by Crippen LogP contribution is -1.81. The molecule has 0 fully saturated rings. The van der Waals surface area contributed by atoms with Gasteiger partial charge in [0, 0.05) is 0 Å². The molecule has 0 radical (unpaired) electrons. The summed E-state index contributed by atoms with van der Waals surface area (Å²) in [6.07, 6.45) is -2.39. The zero-order valence-electron chi connectivity index (χ0n) is 2.97. The number of hydrogen-bond donors (Lipinski definition) is 1. The van der Waals surface area contributed by atoms with Crippen molar-refractivity contribution in [1.29, 1.82) is 0 Å². The van der Waals surface area contributed by atoms with Crippen LogP contribution in [0.2, 0.25) is 0 Å². The molecule has 42 valence electrons. The first kappa shape index (κ1) is 6.64. The van der Waals surface area contributed by atoms with Gasteiger partial charge in [0.05, 0.1) is 0 Å². The summed E-state index contributed by atoms with van der Waals surface area (Å²) in [7, 11) is 0. The van der Waals surface area contributed by atoms with E-state index in [1.807, 2.05) is 4.40 Å². The van der Waals surface area contributed by atoms with Crippen molar-refractivity contribution in [3.8, 4) is 0 Å². The maximum Gasteiger partial charge on any atom is 0.375 e. The molecule has 3 nitrogen and oxygen atoms in total. The molecule has 0 aromatic heterocycles. The monoisotopic (exact) mass is 129 g/mol. The van der Waals surface area contributed by atoms with Crippen LogP contribution in [0.3, 0.4) is 0 Å². The van der Waals surface area contributed by atoms with Gasteiger partial charge in [-0.1, -0.05) is 0 Å². The second kappa shape index (κ2) is 2.75. The first-order valence-corrected chi connectivity index (χ1v) is 2.20. The molecule has 1 N–H and O–H groups in total. The molecule has 6 heteroatoms. The fraction of sp³-hybridized carbons (Fsp3) is 0. The van der Waals surface area contributed by atoms with E-state index in [0.717, 1.165) is 0 Å². The van der Waals surface area contributed by atoms with E-state index in [0.29, 0.717) is 0 Å². The third-order valence-corrected chi connectivity index (χ3v) is 0.441. The number of halogens is 2. The van der Waals surface area contributed by atoms with Crippen LogP contribution in [0.15, 0.2) is 4.40 Å². The van der Waals surface area contributed by atoms with Crippen molar-refractivity contribution in [1.82, 2.24) is 0 Å². The zero-order chi connectivity index (χ0) is 5.86. The Kier molecular flexibility index (Phi) is 2.61. The van der Waals surface area contributed by atoms with Crippen LogP contribution in [0.1, 0.15) is 0 Å². The van der Waals surface area contributed by atoms with Crippen molar-refractivity contribution >= 4 is 17.5 Å². The minimum absolute atomic E-state index is 1.89. The SMILES string of the molecule is O=S(O)N=C(F)F. The van der Waals surface area contributed by atoms with Crippen LogP contribution in [0.5, 0.6) is 0 Å². The highest BCUT2D eigenvalue weighted by atomic mass is 32.2. The summed E-state index contributed by atoms with van der Waals surface area (Å²) in [5, 5.41) is 0. The van der Waals surface area contributed by atoms with E-state index in [1.165, 1.54) is 0 Å². The summed E-state index contributed by atoms with van der Waals surface area (Å²) in [4.78, 5) is 0. The van der Waals surface area contributed by atoms with Crippen LogP contribution in [-0.2, 0) is 11.3 Å². The highest BCUT2D eigenvalue weighted by molar-refractivity contribution is 7.78. The molecule has 1 atom stereocenters. The Morgan fingerprint density at radius 2 is 2.14 bits per heavy atom. The smallest absolute Gasteiger partial charge is 0.288 e. The van der Waals surface area contributed by atoms with Gasteiger partial charge in [-0.05, 0) is 0 Å². The average molecular weight is 129 g/mol. The molecular formula is CHF2NO2S. The van der Waals surface area contributed by atoms with Crippen molar-refractivity contribution in [2.24, 2.45) is 4.40 Å². The van der Waals surface area contributed by atoms with Crippen LogP contribution in [0, 0.1) is 0 Å². The number of rotatable bonds is 1. The maximum atomic E-state index is 10.7. The molecular weight excluding hydrogens is 128 g/mol. The minimum Gasteiger partial charge on any atom is -0.288 e. The molecule has 0 bridgehead atoms. The van der Waals surface area contributed by atoms with Gasteiger partial charge in [0.25, 0.3) is 11.3 Å². The summed E-state index contributed by atoms with van der Waals surface area (Å²) in [6, 6.07) is 0. The van der Waals surface area contributed by atoms with Crippen molar-refractivity contribution in [3.63, 3.8) is 0 Å². The summed E-state index contributed by atoms with van der Waals surface area (Å²) in [5.41, 5.74) is 0. The van der Waals surface area contributed by atoms with Crippen LogP contribution in [-0.4, -0.2) is 15.0 Å². The topological polar surface area (TPSA) is 49.7 Å². The van der Waals surface area contributed by atoms with E-state index in [4.69, 9.17) is 4.55 Å². The predicted octanol–water partition coefficient (Wildman–Crippen LogP) is 0.418. The van der Waals surface area contributed by atoms with E-state index < -0.39 is 17.5 Å². The average Bonchev–Trinajstić information content (AvgIpc) is 1.27. The van der Waals surface area contributed by atoms with Crippen LogP contribution < -0.4 is 0 Å². The molecule has 0 amide bonds. The Morgan fingerprint density at radius 1 is 1.71 bits per heavy atom. The normalized spacial score (nSPS) is 13.0. The van der Waals surface area contributed by atoms with Gasteiger partial charge in [-0.3, -0.25) is 4.55 Å². The lowest BCUT2D eigenvalue weighted by Gasteiger charge is -1.72. The highest BCUT2D eigenvalue weighted by Gasteiger charge is 1.90. The molecule has 1 unspecified atom stereocenters. The largest absolute Gasteiger partial charge is 0.375 e. The van der Waals surface area contributed by atoms with Gasteiger partial charge < -0.3 is 0 Å². The molecule has 0 aromatic carbocycles. The third-order valence-electron chi connectivity index (χ3n) is 0.147. The molecule has 0 aromatic rings. The van der Waals surface area contributed by atoms with Crippen LogP contribution in [0.25, 0.3) is 0 Å². The van der Waals surface area contributed by atoms with Crippen molar-refractivity contribution in [2.45, 2.75) is 0 Å². The van der Waals surface area contributed by atoms with E-state index >= 15 is 0 Å². The first-order valence-electron chi connectivity index (χ1n) is 1.13. The quantitative estimate of drug-likeness (QED) is 0.412. The summed E-state index contributed by atoms with van der Waals surface area (Å²) in [5.74, 6) is 0. The Bertz CT molecular complexity index is 108. The molecule has 0 heterocycles. The molecule has 0 spiro atoms. The Balaban J connectivity index is 3.68. The Morgan fingerprint density at radius 3 is 2.14 bits per heavy atom. The van der Waals surface area contributed by atoms with Gasteiger partial charge in [0.2, 0.25) is 0 Å². The van der Waals surface area contributed by atoms with Gasteiger partial charge in [0.15, 0.2) is 0 Å². The molecule has 7 heavy (non-hydrogen) atoms. The maximum absolute atomic E-state index is 10.7. The summed E-state index contributed by atoms with van der Waals surface area (Å²) >= 11 is -2.76. The highest BCUT2D eigenvalue weighted by Crippen LogP contribution is 1.82. The lowest BCUT2D eigenvalue weighted by molar-refractivity contribution is 0.559. The number of nitrogens with zero attached hydrogens (tertiary/aromatic N) is 1. The molecule has 0 aliphatic rings. The van der Waals surface area contributed by atoms with E-state index in [-0.39, 0.29) is 0 Å². The van der Waals surface area contributed by atoms with Gasteiger partial charge in [-0.25, -0.2) is 4.21 Å². The van der Waals surface area contributed by atoms with E-state index in [9.17, 15) is 13.0 Å². The molecule has 0 saturated carbocycles. The van der Waals surface area contributed by atoms with Gasteiger partial charge in [-0.2, -0.15) is 0 Å². The van der Waals surface area contributed by atoms with E-state index in [1.54, 1.807) is 0 Å². The summed E-state index contributed by atoms with van der Waals surface area (Å²) < 4.78 is 40.0. The van der Waals surface area contributed by atoms with Gasteiger partial charge >= 0.3 is 6.22 Å². The first-order chi connectivity index (χ1) is 3.13. The Hall–Kier alpha value is -0.360. The van der Waals surface area contributed by atoms with Crippen LogP contribution >= 0.6 is 0 Å². The van der Waals surface area contributed by atoms with Crippen molar-refractivity contribution < 1.29 is 17.5 Å². The summed E-state index contributed by atoms with van der Waals surface area (Å²) in [6.45, 7) is 0. The second-order valence-electron chi connectivity index (χ2n) is 0.562. The van der Waals surface area contributed by atoms with Gasteiger partial charge in [0.1, 0.15) is 0 Å². The molecule has 0 aliphatic heterocycles. The van der Waals surface area contributed by atoms with E-state index in [2.05, 4.69) is 0 Å². The van der Waals surface area contributed by atoms with Crippen LogP contribution in [0.4, 0.5) is 8.78 Å². The second-order valence-corrected chi connectivity index (χ2v) is 1.21. The third kappa shape index (κ3) is 5.64. The molecule has 0 aliphatic carbocycles. The minimum atomic E-state index is -2.76. The standard InChI is InChI=1S/CHF2NO2S/c2-1(3)4-7(5)6/h(H,5,6). The fourth-order valence-corrected chi connectivity index (χ4v) is 0.177. The number of hydrogen-bond acceptors (Lipinski definition) is 1. The molecule has 0 rings (SSSR count). The van der Waals surface area contributed by atoms with Crippen molar-refractivity contribution in [3.05, 3.63) is 0 Å². The Labute approximate surface area is 40.5 Å². The van der Waals surface area contributed by atoms with Crippen molar-refractivity contribution in [2.75, 3.05) is 0 Å².